The first-order valence-corrected chi connectivity index (χ1v) is 6.39. The van der Waals surface area contributed by atoms with Gasteiger partial charge in [-0.1, -0.05) is 29.8 Å². The topological polar surface area (TPSA) is 12.0 Å². The van der Waals surface area contributed by atoms with Crippen LogP contribution in [0.4, 0.5) is 14.5 Å². The molecule has 100 valence electrons. The van der Waals surface area contributed by atoms with Crippen LogP contribution in [-0.4, -0.2) is 6.04 Å². The lowest BCUT2D eigenvalue weighted by molar-refractivity contribution is 0.598. The maximum absolute atomic E-state index is 13.6. The second-order valence-corrected chi connectivity index (χ2v) is 4.90. The van der Waals surface area contributed by atoms with E-state index in [0.29, 0.717) is 22.7 Å². The average molecular weight is 282 g/mol. The first-order chi connectivity index (χ1) is 9.06. The van der Waals surface area contributed by atoms with Gasteiger partial charge in [-0.25, -0.2) is 8.78 Å². The molecule has 0 bridgehead atoms. The van der Waals surface area contributed by atoms with Gasteiger partial charge in [0.05, 0.1) is 5.69 Å². The highest BCUT2D eigenvalue weighted by Crippen LogP contribution is 2.20. The molecule has 4 heteroatoms. The summed E-state index contributed by atoms with van der Waals surface area (Å²) in [5, 5.41) is 3.36. The fraction of sp³-hybridized carbons (Fsp3) is 0.200. The van der Waals surface area contributed by atoms with Crippen LogP contribution in [0.1, 0.15) is 12.5 Å². The molecule has 0 aromatic heterocycles. The summed E-state index contributed by atoms with van der Waals surface area (Å²) >= 11 is 5.69. The average Bonchev–Trinajstić information content (AvgIpc) is 2.36. The van der Waals surface area contributed by atoms with Crippen LogP contribution in [0.2, 0.25) is 5.02 Å². The van der Waals surface area contributed by atoms with Crippen LogP contribution in [0, 0.1) is 11.6 Å². The van der Waals surface area contributed by atoms with Crippen LogP contribution in [-0.2, 0) is 6.42 Å². The Morgan fingerprint density at radius 1 is 1.11 bits per heavy atom. The van der Waals surface area contributed by atoms with E-state index in [1.165, 1.54) is 12.1 Å². The highest BCUT2D eigenvalue weighted by molar-refractivity contribution is 6.30. The van der Waals surface area contributed by atoms with Crippen molar-refractivity contribution in [2.75, 3.05) is 5.32 Å². The van der Waals surface area contributed by atoms with E-state index in [0.717, 1.165) is 0 Å². The van der Waals surface area contributed by atoms with Crippen molar-refractivity contribution in [3.8, 4) is 0 Å². The zero-order valence-electron chi connectivity index (χ0n) is 10.5. The van der Waals surface area contributed by atoms with E-state index < -0.39 is 5.82 Å². The number of halogens is 3. The molecule has 0 aliphatic rings. The second-order valence-electron chi connectivity index (χ2n) is 4.47. The number of benzene rings is 2. The molecule has 0 heterocycles. The van der Waals surface area contributed by atoms with E-state index in [4.69, 9.17) is 11.6 Å². The molecule has 1 nitrogen and oxygen atoms in total. The predicted octanol–water partition coefficient (Wildman–Crippen LogP) is 4.66. The summed E-state index contributed by atoms with van der Waals surface area (Å²) in [4.78, 5) is 0. The van der Waals surface area contributed by atoms with Crippen molar-refractivity contribution < 1.29 is 8.78 Å². The second kappa shape index (κ2) is 6.02. The molecule has 2 aromatic carbocycles. The van der Waals surface area contributed by atoms with Gasteiger partial charge in [-0.05, 0) is 43.2 Å². The highest BCUT2D eigenvalue weighted by Gasteiger charge is 2.10. The van der Waals surface area contributed by atoms with E-state index >= 15 is 0 Å². The third-order valence-electron chi connectivity index (χ3n) is 2.82. The Hall–Kier alpha value is -1.61. The summed E-state index contributed by atoms with van der Waals surface area (Å²) in [5.74, 6) is -0.652. The van der Waals surface area contributed by atoms with Gasteiger partial charge in [-0.2, -0.15) is 0 Å². The molecule has 0 aliphatic carbocycles. The van der Waals surface area contributed by atoms with Crippen LogP contribution in [0.15, 0.2) is 42.5 Å². The van der Waals surface area contributed by atoms with Crippen LogP contribution in [0.5, 0.6) is 0 Å². The Morgan fingerprint density at radius 3 is 2.53 bits per heavy atom. The summed E-state index contributed by atoms with van der Waals surface area (Å²) in [6.07, 6.45) is 0.481. The van der Waals surface area contributed by atoms with Gasteiger partial charge >= 0.3 is 0 Å². The van der Waals surface area contributed by atoms with Crippen molar-refractivity contribution >= 4 is 17.3 Å². The van der Waals surface area contributed by atoms with Crippen molar-refractivity contribution in [2.24, 2.45) is 0 Å². The molecule has 0 saturated carbocycles. The summed E-state index contributed by atoms with van der Waals surface area (Å²) < 4.78 is 27.1. The number of hydrogen-bond donors (Lipinski definition) is 1. The summed E-state index contributed by atoms with van der Waals surface area (Å²) in [7, 11) is 0. The maximum atomic E-state index is 13.6. The quantitative estimate of drug-likeness (QED) is 0.859. The molecule has 1 atom stereocenters. The normalized spacial score (nSPS) is 12.2. The van der Waals surface area contributed by atoms with Gasteiger partial charge in [-0.3, -0.25) is 0 Å². The fourth-order valence-electron chi connectivity index (χ4n) is 1.92. The zero-order valence-corrected chi connectivity index (χ0v) is 11.2. The summed E-state index contributed by atoms with van der Waals surface area (Å²) in [5.41, 5.74) is 0.977. The van der Waals surface area contributed by atoms with Gasteiger partial charge in [-0.15, -0.1) is 0 Å². The SMILES string of the molecule is CC(Cc1ccccc1F)Nc1ccc(Cl)cc1F. The predicted molar refractivity (Wildman–Crippen MR) is 74.6 cm³/mol. The maximum Gasteiger partial charge on any atom is 0.147 e. The standard InChI is InChI=1S/C15H14ClF2N/c1-10(8-11-4-2-3-5-13(11)17)19-15-7-6-12(16)9-14(15)18/h2-7,9-10,19H,8H2,1H3. The van der Waals surface area contributed by atoms with Gasteiger partial charge < -0.3 is 5.32 Å². The van der Waals surface area contributed by atoms with Crippen molar-refractivity contribution in [1.82, 2.24) is 0 Å². The van der Waals surface area contributed by atoms with E-state index in [-0.39, 0.29) is 11.9 Å². The Bertz CT molecular complexity index is 572. The Morgan fingerprint density at radius 2 is 1.84 bits per heavy atom. The number of rotatable bonds is 4. The molecule has 0 aliphatic heterocycles. The number of hydrogen-bond acceptors (Lipinski definition) is 1. The zero-order chi connectivity index (χ0) is 13.8. The number of nitrogens with one attached hydrogen (secondary N) is 1. The molecule has 2 rings (SSSR count). The van der Waals surface area contributed by atoms with Gasteiger partial charge in [0.15, 0.2) is 0 Å². The minimum atomic E-state index is -0.409. The lowest BCUT2D eigenvalue weighted by atomic mass is 10.1. The summed E-state index contributed by atoms with van der Waals surface area (Å²) in [6.45, 7) is 1.88. The molecule has 0 radical (unpaired) electrons. The first kappa shape index (κ1) is 13.8. The monoisotopic (exact) mass is 281 g/mol. The lowest BCUT2D eigenvalue weighted by Crippen LogP contribution is -2.19. The third kappa shape index (κ3) is 3.67. The fourth-order valence-corrected chi connectivity index (χ4v) is 2.08. The minimum Gasteiger partial charge on any atom is -0.380 e. The summed E-state index contributed by atoms with van der Waals surface area (Å²) in [6, 6.07) is 10.9. The van der Waals surface area contributed by atoms with Crippen molar-refractivity contribution in [3.05, 3.63) is 64.7 Å². The van der Waals surface area contributed by atoms with Crippen molar-refractivity contribution in [2.45, 2.75) is 19.4 Å². The smallest absolute Gasteiger partial charge is 0.147 e. The van der Waals surface area contributed by atoms with Crippen molar-refractivity contribution in [1.29, 1.82) is 0 Å². The van der Waals surface area contributed by atoms with Gasteiger partial charge in [0.2, 0.25) is 0 Å². The molecule has 0 saturated heterocycles. The van der Waals surface area contributed by atoms with Crippen LogP contribution < -0.4 is 5.32 Å². The van der Waals surface area contributed by atoms with E-state index in [1.54, 1.807) is 30.3 Å². The van der Waals surface area contributed by atoms with Gasteiger partial charge in [0.25, 0.3) is 0 Å². The highest BCUT2D eigenvalue weighted by atomic mass is 35.5. The largest absolute Gasteiger partial charge is 0.380 e. The van der Waals surface area contributed by atoms with Gasteiger partial charge in [0, 0.05) is 11.1 Å². The molecule has 19 heavy (non-hydrogen) atoms. The van der Waals surface area contributed by atoms with Crippen LogP contribution in [0.25, 0.3) is 0 Å². The molecule has 1 N–H and O–H groups in total. The third-order valence-corrected chi connectivity index (χ3v) is 3.05. The van der Waals surface area contributed by atoms with Crippen LogP contribution in [0.3, 0.4) is 0 Å². The molecular formula is C15H14ClF2N. The number of anilines is 1. The van der Waals surface area contributed by atoms with Crippen molar-refractivity contribution in [3.63, 3.8) is 0 Å². The molecule has 2 aromatic rings. The molecule has 0 amide bonds. The Balaban J connectivity index is 2.05. The Labute approximate surface area is 116 Å². The minimum absolute atomic E-state index is 0.0902. The van der Waals surface area contributed by atoms with E-state index in [1.807, 2.05) is 6.92 Å². The lowest BCUT2D eigenvalue weighted by Gasteiger charge is -2.16. The molecule has 0 spiro atoms. The van der Waals surface area contributed by atoms with E-state index in [9.17, 15) is 8.78 Å². The molecule has 0 fully saturated rings. The molecular weight excluding hydrogens is 268 g/mol. The molecule has 1 unspecified atom stereocenters. The van der Waals surface area contributed by atoms with Gasteiger partial charge in [0.1, 0.15) is 11.6 Å². The first-order valence-electron chi connectivity index (χ1n) is 6.01. The van der Waals surface area contributed by atoms with E-state index in [2.05, 4.69) is 5.32 Å². The van der Waals surface area contributed by atoms with Crippen LogP contribution >= 0.6 is 11.6 Å². The Kier molecular flexibility index (Phi) is 4.38.